The van der Waals surface area contributed by atoms with E-state index in [1.54, 1.807) is 11.3 Å². The Balaban J connectivity index is 2.22. The fourth-order valence-corrected chi connectivity index (χ4v) is 2.65. The first-order valence-corrected chi connectivity index (χ1v) is 7.15. The van der Waals surface area contributed by atoms with E-state index in [0.717, 1.165) is 34.2 Å². The second-order valence-corrected chi connectivity index (χ2v) is 5.63. The molecule has 2 rings (SSSR count). The SMILES string of the molecule is Cc1cc(N(C)Cc2csc(C)n2)c(CCl)cn1. The first-order chi connectivity index (χ1) is 8.60. The van der Waals surface area contributed by atoms with Crippen molar-refractivity contribution in [2.45, 2.75) is 26.3 Å². The largest absolute Gasteiger partial charge is 0.368 e. The summed E-state index contributed by atoms with van der Waals surface area (Å²) in [5.74, 6) is 0.475. The Bertz CT molecular complexity index is 539. The lowest BCUT2D eigenvalue weighted by molar-refractivity contribution is 0.880. The Morgan fingerprint density at radius 2 is 2.17 bits per heavy atom. The van der Waals surface area contributed by atoms with Gasteiger partial charge in [-0.1, -0.05) is 0 Å². The van der Waals surface area contributed by atoms with Crippen LogP contribution in [-0.2, 0) is 12.4 Å². The molecule has 0 atom stereocenters. The highest BCUT2D eigenvalue weighted by molar-refractivity contribution is 7.09. The van der Waals surface area contributed by atoms with Gasteiger partial charge in [-0.3, -0.25) is 4.98 Å². The summed E-state index contributed by atoms with van der Waals surface area (Å²) in [5, 5.41) is 3.20. The summed E-state index contributed by atoms with van der Waals surface area (Å²) in [6.07, 6.45) is 1.85. The Kier molecular flexibility index (Phi) is 4.19. The first-order valence-electron chi connectivity index (χ1n) is 5.73. The van der Waals surface area contributed by atoms with Crippen LogP contribution in [0.2, 0.25) is 0 Å². The van der Waals surface area contributed by atoms with Crippen molar-refractivity contribution in [3.8, 4) is 0 Å². The molecular weight excluding hydrogens is 266 g/mol. The van der Waals surface area contributed by atoms with Gasteiger partial charge in [-0.25, -0.2) is 4.98 Å². The van der Waals surface area contributed by atoms with Gasteiger partial charge in [0.05, 0.1) is 23.1 Å². The number of rotatable bonds is 4. The highest BCUT2D eigenvalue weighted by Crippen LogP contribution is 2.23. The quantitative estimate of drug-likeness (QED) is 0.803. The van der Waals surface area contributed by atoms with Crippen molar-refractivity contribution in [2.75, 3.05) is 11.9 Å². The van der Waals surface area contributed by atoms with E-state index < -0.39 is 0 Å². The van der Waals surface area contributed by atoms with E-state index in [1.165, 1.54) is 0 Å². The Labute approximate surface area is 116 Å². The lowest BCUT2D eigenvalue weighted by atomic mass is 10.2. The number of anilines is 1. The van der Waals surface area contributed by atoms with Gasteiger partial charge in [0.1, 0.15) is 0 Å². The van der Waals surface area contributed by atoms with Gasteiger partial charge in [0, 0.05) is 35.6 Å². The van der Waals surface area contributed by atoms with E-state index in [9.17, 15) is 0 Å². The van der Waals surface area contributed by atoms with E-state index in [-0.39, 0.29) is 0 Å². The summed E-state index contributed by atoms with van der Waals surface area (Å²) >= 11 is 7.63. The zero-order chi connectivity index (χ0) is 13.1. The number of pyridine rings is 1. The molecule has 2 heterocycles. The third-order valence-electron chi connectivity index (χ3n) is 2.72. The maximum Gasteiger partial charge on any atom is 0.0898 e. The third kappa shape index (κ3) is 3.00. The van der Waals surface area contributed by atoms with Crippen molar-refractivity contribution < 1.29 is 0 Å². The molecule has 0 fully saturated rings. The lowest BCUT2D eigenvalue weighted by Gasteiger charge is -2.21. The van der Waals surface area contributed by atoms with Gasteiger partial charge >= 0.3 is 0 Å². The van der Waals surface area contributed by atoms with E-state index in [2.05, 4.69) is 33.4 Å². The van der Waals surface area contributed by atoms with E-state index in [4.69, 9.17) is 11.6 Å². The Hall–Kier alpha value is -1.13. The molecule has 0 unspecified atom stereocenters. The number of aromatic nitrogens is 2. The molecule has 0 spiro atoms. The summed E-state index contributed by atoms with van der Waals surface area (Å²) in [6, 6.07) is 2.07. The molecule has 2 aromatic rings. The molecule has 5 heteroatoms. The zero-order valence-electron chi connectivity index (χ0n) is 10.8. The number of hydrogen-bond donors (Lipinski definition) is 0. The van der Waals surface area contributed by atoms with Crippen LogP contribution in [0.4, 0.5) is 5.69 Å². The molecule has 0 saturated heterocycles. The molecule has 3 nitrogen and oxygen atoms in total. The molecule has 0 aliphatic carbocycles. The van der Waals surface area contributed by atoms with Crippen LogP contribution in [0.5, 0.6) is 0 Å². The van der Waals surface area contributed by atoms with Crippen LogP contribution in [0.25, 0.3) is 0 Å². The van der Waals surface area contributed by atoms with Crippen LogP contribution in [0.1, 0.15) is 22.0 Å². The van der Waals surface area contributed by atoms with Crippen molar-refractivity contribution in [1.82, 2.24) is 9.97 Å². The predicted octanol–water partition coefficient (Wildman–Crippen LogP) is 3.53. The molecule has 0 aromatic carbocycles. The Morgan fingerprint density at radius 1 is 1.39 bits per heavy atom. The van der Waals surface area contributed by atoms with Crippen molar-refractivity contribution in [1.29, 1.82) is 0 Å². The van der Waals surface area contributed by atoms with Crippen LogP contribution in [0.15, 0.2) is 17.6 Å². The normalized spacial score (nSPS) is 10.7. The highest BCUT2D eigenvalue weighted by atomic mass is 35.5. The van der Waals surface area contributed by atoms with Crippen LogP contribution in [0.3, 0.4) is 0 Å². The lowest BCUT2D eigenvalue weighted by Crippen LogP contribution is -2.18. The minimum absolute atomic E-state index is 0.475. The van der Waals surface area contributed by atoms with Crippen molar-refractivity contribution in [3.63, 3.8) is 0 Å². The number of aryl methyl sites for hydroxylation is 2. The number of halogens is 1. The van der Waals surface area contributed by atoms with Crippen molar-refractivity contribution in [3.05, 3.63) is 39.6 Å². The standard InChI is InChI=1S/C13H16ClN3S/c1-9-4-13(11(5-14)6-15-9)17(3)7-12-8-18-10(2)16-12/h4,6,8H,5,7H2,1-3H3. The molecule has 0 amide bonds. The summed E-state index contributed by atoms with van der Waals surface area (Å²) in [7, 11) is 2.06. The molecule has 0 radical (unpaired) electrons. The van der Waals surface area contributed by atoms with Crippen LogP contribution >= 0.6 is 22.9 Å². The van der Waals surface area contributed by atoms with Gasteiger partial charge in [-0.2, -0.15) is 0 Å². The van der Waals surface area contributed by atoms with Gasteiger partial charge in [-0.15, -0.1) is 22.9 Å². The van der Waals surface area contributed by atoms with Gasteiger partial charge in [0.25, 0.3) is 0 Å². The number of hydrogen-bond acceptors (Lipinski definition) is 4. The van der Waals surface area contributed by atoms with Crippen LogP contribution < -0.4 is 4.90 Å². The molecule has 0 saturated carbocycles. The summed E-state index contributed by atoms with van der Waals surface area (Å²) in [5.41, 5.74) is 4.27. The molecule has 2 aromatic heterocycles. The van der Waals surface area contributed by atoms with E-state index in [0.29, 0.717) is 5.88 Å². The fourth-order valence-electron chi connectivity index (χ4n) is 1.84. The second-order valence-electron chi connectivity index (χ2n) is 4.30. The van der Waals surface area contributed by atoms with Crippen LogP contribution in [-0.4, -0.2) is 17.0 Å². The van der Waals surface area contributed by atoms with Gasteiger partial charge in [-0.05, 0) is 19.9 Å². The molecule has 0 aliphatic rings. The maximum absolute atomic E-state index is 5.96. The van der Waals surface area contributed by atoms with Crippen LogP contribution in [0, 0.1) is 13.8 Å². The van der Waals surface area contributed by atoms with E-state index >= 15 is 0 Å². The summed E-state index contributed by atoms with van der Waals surface area (Å²) in [4.78, 5) is 10.9. The molecular formula is C13H16ClN3S. The summed E-state index contributed by atoms with van der Waals surface area (Å²) < 4.78 is 0. The number of nitrogens with zero attached hydrogens (tertiary/aromatic N) is 3. The zero-order valence-corrected chi connectivity index (χ0v) is 12.3. The molecule has 18 heavy (non-hydrogen) atoms. The highest BCUT2D eigenvalue weighted by Gasteiger charge is 2.10. The molecule has 0 N–H and O–H groups in total. The first kappa shape index (κ1) is 13.3. The smallest absolute Gasteiger partial charge is 0.0898 e. The van der Waals surface area contributed by atoms with E-state index in [1.807, 2.05) is 20.0 Å². The molecule has 96 valence electrons. The summed E-state index contributed by atoms with van der Waals surface area (Å²) in [6.45, 7) is 4.80. The van der Waals surface area contributed by atoms with Gasteiger partial charge < -0.3 is 4.90 Å². The molecule has 0 aliphatic heterocycles. The van der Waals surface area contributed by atoms with Crippen molar-refractivity contribution >= 4 is 28.6 Å². The van der Waals surface area contributed by atoms with Gasteiger partial charge in [0.2, 0.25) is 0 Å². The number of alkyl halides is 1. The fraction of sp³-hybridized carbons (Fsp3) is 0.385. The third-order valence-corrected chi connectivity index (χ3v) is 3.83. The monoisotopic (exact) mass is 281 g/mol. The maximum atomic E-state index is 5.96. The predicted molar refractivity (Wildman–Crippen MR) is 77.5 cm³/mol. The van der Waals surface area contributed by atoms with Crippen molar-refractivity contribution in [2.24, 2.45) is 0 Å². The average Bonchev–Trinajstić information content (AvgIpc) is 2.74. The topological polar surface area (TPSA) is 29.0 Å². The Morgan fingerprint density at radius 3 is 2.78 bits per heavy atom. The van der Waals surface area contributed by atoms with Gasteiger partial charge in [0.15, 0.2) is 0 Å². The minimum Gasteiger partial charge on any atom is -0.368 e. The minimum atomic E-state index is 0.475. The average molecular weight is 282 g/mol. The second kappa shape index (κ2) is 5.67. The number of thiazole rings is 1. The molecule has 0 bridgehead atoms.